The lowest BCUT2D eigenvalue weighted by Gasteiger charge is -2.27. The van der Waals surface area contributed by atoms with Crippen molar-refractivity contribution >= 4 is 5.69 Å². The summed E-state index contributed by atoms with van der Waals surface area (Å²) in [7, 11) is 0. The van der Waals surface area contributed by atoms with Gasteiger partial charge in [-0.2, -0.15) is 0 Å². The van der Waals surface area contributed by atoms with Gasteiger partial charge in [0.05, 0.1) is 11.3 Å². The molecular weight excluding hydrogens is 236 g/mol. The average molecular weight is 255 g/mol. The Morgan fingerprint density at radius 2 is 1.78 bits per heavy atom. The first-order chi connectivity index (χ1) is 8.61. The Bertz CT molecular complexity index is 401. The third kappa shape index (κ3) is 3.19. The highest BCUT2D eigenvalue weighted by Gasteiger charge is 2.27. The lowest BCUT2D eigenvalue weighted by atomic mass is 9.94. The Kier molecular flexibility index (Phi) is 4.17. The maximum absolute atomic E-state index is 13.4. The largest absolute Gasteiger partial charge is 0.388 e. The molecule has 1 aromatic carbocycles. The monoisotopic (exact) mass is 255 g/mol. The maximum Gasteiger partial charge on any atom is 0.181 e. The Labute approximate surface area is 106 Å². The highest BCUT2D eigenvalue weighted by molar-refractivity contribution is 5.45. The third-order valence-electron chi connectivity index (χ3n) is 3.59. The van der Waals surface area contributed by atoms with Gasteiger partial charge in [0.15, 0.2) is 11.6 Å². The predicted octanol–water partition coefficient (Wildman–Crippen LogP) is 3.46. The van der Waals surface area contributed by atoms with E-state index in [1.54, 1.807) is 0 Å². The molecule has 0 saturated heterocycles. The van der Waals surface area contributed by atoms with Crippen molar-refractivity contribution < 1.29 is 13.9 Å². The van der Waals surface area contributed by atoms with Crippen molar-refractivity contribution in [2.75, 3.05) is 11.9 Å². The van der Waals surface area contributed by atoms with Gasteiger partial charge in [-0.15, -0.1) is 0 Å². The van der Waals surface area contributed by atoms with E-state index in [0.29, 0.717) is 0 Å². The van der Waals surface area contributed by atoms with Crippen molar-refractivity contribution in [2.45, 2.75) is 44.1 Å². The molecule has 1 saturated carbocycles. The van der Waals surface area contributed by atoms with E-state index < -0.39 is 17.2 Å². The summed E-state index contributed by atoms with van der Waals surface area (Å²) in [5.41, 5.74) is -0.678. The van der Waals surface area contributed by atoms with Crippen molar-refractivity contribution in [3.05, 3.63) is 29.8 Å². The van der Waals surface area contributed by atoms with Gasteiger partial charge >= 0.3 is 0 Å². The fourth-order valence-corrected chi connectivity index (χ4v) is 2.46. The Balaban J connectivity index is 1.99. The van der Waals surface area contributed by atoms with Crippen molar-refractivity contribution in [3.8, 4) is 0 Å². The van der Waals surface area contributed by atoms with E-state index in [2.05, 4.69) is 5.32 Å². The van der Waals surface area contributed by atoms with E-state index in [1.807, 2.05) is 0 Å². The molecule has 100 valence electrons. The first kappa shape index (κ1) is 13.3. The molecule has 1 aromatic rings. The number of rotatable bonds is 3. The molecule has 2 rings (SSSR count). The van der Waals surface area contributed by atoms with Gasteiger partial charge in [0.2, 0.25) is 0 Å². The summed E-state index contributed by atoms with van der Waals surface area (Å²) >= 11 is 0. The minimum absolute atomic E-state index is 0.118. The molecular formula is C14H19F2NO. The molecule has 1 aliphatic rings. The second-order valence-corrected chi connectivity index (χ2v) is 5.09. The summed E-state index contributed by atoms with van der Waals surface area (Å²) in [4.78, 5) is 0. The van der Waals surface area contributed by atoms with Gasteiger partial charge in [0.1, 0.15) is 0 Å². The molecule has 18 heavy (non-hydrogen) atoms. The van der Waals surface area contributed by atoms with E-state index in [4.69, 9.17) is 0 Å². The van der Waals surface area contributed by atoms with Crippen LogP contribution in [0.2, 0.25) is 0 Å². The fraction of sp³-hybridized carbons (Fsp3) is 0.571. The van der Waals surface area contributed by atoms with E-state index in [-0.39, 0.29) is 12.2 Å². The van der Waals surface area contributed by atoms with Crippen LogP contribution in [0.1, 0.15) is 38.5 Å². The van der Waals surface area contributed by atoms with Gasteiger partial charge in [0, 0.05) is 6.54 Å². The number of hydrogen-bond acceptors (Lipinski definition) is 2. The van der Waals surface area contributed by atoms with Crippen LogP contribution in [-0.4, -0.2) is 17.3 Å². The predicted molar refractivity (Wildman–Crippen MR) is 67.5 cm³/mol. The van der Waals surface area contributed by atoms with Crippen LogP contribution in [0.25, 0.3) is 0 Å². The molecule has 0 amide bonds. The summed E-state index contributed by atoms with van der Waals surface area (Å²) in [6.07, 6.45) is 5.69. The molecule has 0 aliphatic heterocycles. The van der Waals surface area contributed by atoms with Crippen LogP contribution < -0.4 is 5.32 Å². The van der Waals surface area contributed by atoms with Crippen molar-refractivity contribution in [2.24, 2.45) is 0 Å². The third-order valence-corrected chi connectivity index (χ3v) is 3.59. The number of benzene rings is 1. The lowest BCUT2D eigenvalue weighted by molar-refractivity contribution is 0.0380. The Morgan fingerprint density at radius 1 is 1.11 bits per heavy atom. The van der Waals surface area contributed by atoms with Crippen molar-refractivity contribution in [1.82, 2.24) is 0 Å². The molecule has 0 heterocycles. The smallest absolute Gasteiger partial charge is 0.181 e. The quantitative estimate of drug-likeness (QED) is 0.811. The number of anilines is 1. The van der Waals surface area contributed by atoms with Gasteiger partial charge in [0.25, 0.3) is 0 Å². The molecule has 1 fully saturated rings. The Morgan fingerprint density at radius 3 is 2.44 bits per heavy atom. The zero-order valence-electron chi connectivity index (χ0n) is 10.4. The van der Waals surface area contributed by atoms with Gasteiger partial charge in [-0.25, -0.2) is 8.78 Å². The highest BCUT2D eigenvalue weighted by atomic mass is 19.2. The van der Waals surface area contributed by atoms with Gasteiger partial charge in [-0.1, -0.05) is 31.7 Å². The maximum atomic E-state index is 13.4. The first-order valence-corrected chi connectivity index (χ1v) is 6.51. The van der Waals surface area contributed by atoms with Crippen molar-refractivity contribution in [3.63, 3.8) is 0 Å². The second kappa shape index (κ2) is 5.65. The lowest BCUT2D eigenvalue weighted by Crippen LogP contribution is -2.36. The molecule has 0 radical (unpaired) electrons. The number of halogens is 2. The summed E-state index contributed by atoms with van der Waals surface area (Å²) in [5, 5.41) is 13.2. The molecule has 0 unspecified atom stereocenters. The summed E-state index contributed by atoms with van der Waals surface area (Å²) < 4.78 is 26.5. The number of nitrogens with one attached hydrogen (secondary N) is 1. The molecule has 0 aromatic heterocycles. The molecule has 2 nitrogen and oxygen atoms in total. The zero-order chi connectivity index (χ0) is 13.0. The molecule has 2 N–H and O–H groups in total. The van der Waals surface area contributed by atoms with Gasteiger partial charge < -0.3 is 10.4 Å². The van der Waals surface area contributed by atoms with Crippen LogP contribution >= 0.6 is 0 Å². The topological polar surface area (TPSA) is 32.3 Å². The standard InChI is InChI=1S/C14H19F2NO/c15-11-6-5-7-12(13(11)16)17-10-14(18)8-3-1-2-4-9-14/h5-7,17-18H,1-4,8-10H2. The van der Waals surface area contributed by atoms with Gasteiger partial charge in [-0.05, 0) is 25.0 Å². The normalized spacial score (nSPS) is 19.3. The van der Waals surface area contributed by atoms with Crippen LogP contribution in [-0.2, 0) is 0 Å². The van der Waals surface area contributed by atoms with Crippen LogP contribution in [0.4, 0.5) is 14.5 Å². The SMILES string of the molecule is OC1(CNc2cccc(F)c2F)CCCCCC1. The summed E-state index contributed by atoms with van der Waals surface area (Å²) in [5.74, 6) is -1.75. The van der Waals surface area contributed by atoms with E-state index in [9.17, 15) is 13.9 Å². The summed E-state index contributed by atoms with van der Waals surface area (Å²) in [6, 6.07) is 4.03. The van der Waals surface area contributed by atoms with Crippen molar-refractivity contribution in [1.29, 1.82) is 0 Å². The summed E-state index contributed by atoms with van der Waals surface area (Å²) in [6.45, 7) is 0.271. The fourth-order valence-electron chi connectivity index (χ4n) is 2.46. The minimum Gasteiger partial charge on any atom is -0.388 e. The molecule has 1 aliphatic carbocycles. The minimum atomic E-state index is -0.880. The van der Waals surface area contributed by atoms with Crippen LogP contribution in [0, 0.1) is 11.6 Å². The van der Waals surface area contributed by atoms with E-state index >= 15 is 0 Å². The average Bonchev–Trinajstić information content (AvgIpc) is 2.57. The Hall–Kier alpha value is -1.16. The number of aliphatic hydroxyl groups is 1. The van der Waals surface area contributed by atoms with Crippen LogP contribution in [0.3, 0.4) is 0 Å². The van der Waals surface area contributed by atoms with E-state index in [0.717, 1.165) is 44.6 Å². The van der Waals surface area contributed by atoms with E-state index in [1.165, 1.54) is 12.1 Å². The van der Waals surface area contributed by atoms with Crippen LogP contribution in [0.15, 0.2) is 18.2 Å². The zero-order valence-corrected chi connectivity index (χ0v) is 10.4. The molecule has 0 spiro atoms. The second-order valence-electron chi connectivity index (χ2n) is 5.09. The van der Waals surface area contributed by atoms with Crippen LogP contribution in [0.5, 0.6) is 0 Å². The first-order valence-electron chi connectivity index (χ1n) is 6.51. The molecule has 4 heteroatoms. The highest BCUT2D eigenvalue weighted by Crippen LogP contribution is 2.28. The molecule has 0 atom stereocenters. The molecule has 0 bridgehead atoms. The van der Waals surface area contributed by atoms with Gasteiger partial charge in [-0.3, -0.25) is 0 Å². The number of hydrogen-bond donors (Lipinski definition) is 2.